The number of aliphatic imine (C=N–C) groups is 1. The van der Waals surface area contributed by atoms with Gasteiger partial charge in [0.1, 0.15) is 0 Å². The Kier molecular flexibility index (Phi) is 3.15. The van der Waals surface area contributed by atoms with Crippen LogP contribution in [-0.4, -0.2) is 17.5 Å². The van der Waals surface area contributed by atoms with Crippen LogP contribution in [0.3, 0.4) is 0 Å². The molecular formula is C10H15NS. The predicted octanol–water partition coefficient (Wildman–Crippen LogP) is 2.65. The lowest BCUT2D eigenvalue weighted by molar-refractivity contribution is 0.768. The first-order chi connectivity index (χ1) is 5.66. The average Bonchev–Trinajstić information content (AvgIpc) is 2.06. The Bertz CT molecular complexity index is 251. The van der Waals surface area contributed by atoms with Crippen molar-refractivity contribution in [1.29, 1.82) is 0 Å². The van der Waals surface area contributed by atoms with Crippen molar-refractivity contribution >= 4 is 18.8 Å². The molecule has 0 amide bonds. The molecule has 12 heavy (non-hydrogen) atoms. The Hall–Kier alpha value is -0.500. The van der Waals surface area contributed by atoms with E-state index in [0.29, 0.717) is 0 Å². The van der Waals surface area contributed by atoms with Gasteiger partial charge in [0.05, 0.1) is 6.04 Å². The van der Waals surface area contributed by atoms with Crippen LogP contribution in [0.5, 0.6) is 0 Å². The van der Waals surface area contributed by atoms with E-state index in [0.717, 1.165) is 0 Å². The molecule has 0 aromatic heterocycles. The molecule has 0 aromatic carbocycles. The van der Waals surface area contributed by atoms with E-state index in [1.54, 1.807) is 0 Å². The molecule has 2 heteroatoms. The van der Waals surface area contributed by atoms with Gasteiger partial charge in [-0.2, -0.15) is 12.6 Å². The third kappa shape index (κ3) is 1.81. The molecule has 0 saturated carbocycles. The molecule has 0 fully saturated rings. The van der Waals surface area contributed by atoms with Crippen molar-refractivity contribution in [3.8, 4) is 0 Å². The van der Waals surface area contributed by atoms with Crippen LogP contribution < -0.4 is 0 Å². The zero-order valence-corrected chi connectivity index (χ0v) is 8.68. The molecule has 0 aliphatic heterocycles. The lowest BCUT2D eigenvalue weighted by atomic mass is 9.95. The van der Waals surface area contributed by atoms with Gasteiger partial charge in [-0.25, -0.2) is 0 Å². The maximum atomic E-state index is 4.52. The van der Waals surface area contributed by atoms with E-state index in [1.807, 2.05) is 13.1 Å². The van der Waals surface area contributed by atoms with E-state index in [9.17, 15) is 0 Å². The van der Waals surface area contributed by atoms with E-state index < -0.39 is 0 Å². The molecule has 1 rings (SSSR count). The van der Waals surface area contributed by atoms with Crippen LogP contribution >= 0.6 is 12.6 Å². The zero-order valence-electron chi connectivity index (χ0n) is 7.78. The van der Waals surface area contributed by atoms with Crippen LogP contribution in [0.2, 0.25) is 0 Å². The largest absolute Gasteiger partial charge is 0.289 e. The quantitative estimate of drug-likeness (QED) is 0.471. The lowest BCUT2D eigenvalue weighted by Crippen LogP contribution is -2.24. The smallest absolute Gasteiger partial charge is 0.0859 e. The first-order valence-corrected chi connectivity index (χ1v) is 4.69. The van der Waals surface area contributed by atoms with Crippen molar-refractivity contribution in [2.45, 2.75) is 32.1 Å². The molecule has 2 unspecified atom stereocenters. The summed E-state index contributed by atoms with van der Waals surface area (Å²) in [6.07, 6.45) is 6.10. The minimum Gasteiger partial charge on any atom is -0.289 e. The summed E-state index contributed by atoms with van der Waals surface area (Å²) >= 11 is 4.52. The summed E-state index contributed by atoms with van der Waals surface area (Å²) in [6.45, 7) is 6.14. The first-order valence-electron chi connectivity index (χ1n) is 4.17. The Labute approximate surface area is 79.7 Å². The van der Waals surface area contributed by atoms with Crippen LogP contribution in [0, 0.1) is 0 Å². The highest BCUT2D eigenvalue weighted by molar-refractivity contribution is 7.81. The van der Waals surface area contributed by atoms with Gasteiger partial charge in [0.25, 0.3) is 0 Å². The molecule has 1 aliphatic carbocycles. The van der Waals surface area contributed by atoms with Gasteiger partial charge < -0.3 is 0 Å². The van der Waals surface area contributed by atoms with Crippen molar-refractivity contribution in [2.75, 3.05) is 0 Å². The van der Waals surface area contributed by atoms with Crippen molar-refractivity contribution in [1.82, 2.24) is 0 Å². The average molecular weight is 181 g/mol. The van der Waals surface area contributed by atoms with Gasteiger partial charge in [0.2, 0.25) is 0 Å². The maximum absolute atomic E-state index is 4.52. The molecule has 0 N–H and O–H groups in total. The molecule has 0 heterocycles. The van der Waals surface area contributed by atoms with Gasteiger partial charge in [-0.1, -0.05) is 17.7 Å². The lowest BCUT2D eigenvalue weighted by Gasteiger charge is -2.24. The van der Waals surface area contributed by atoms with Crippen LogP contribution in [-0.2, 0) is 0 Å². The standard InChI is InChI=1S/C10H15NS/c1-4-11-9-7(2)5-6-8(3)10(9)12/h4-6,9-10,12H,1-3H3. The van der Waals surface area contributed by atoms with Gasteiger partial charge in [0, 0.05) is 5.25 Å². The second kappa shape index (κ2) is 3.94. The highest BCUT2D eigenvalue weighted by atomic mass is 32.1. The number of hydrogen-bond acceptors (Lipinski definition) is 2. The summed E-state index contributed by atoms with van der Waals surface area (Å²) in [4.78, 5) is 4.39. The Balaban J connectivity index is 2.89. The summed E-state index contributed by atoms with van der Waals surface area (Å²) in [5.41, 5.74) is 2.58. The maximum Gasteiger partial charge on any atom is 0.0859 e. The van der Waals surface area contributed by atoms with Gasteiger partial charge in [-0.15, -0.1) is 0 Å². The Morgan fingerprint density at radius 2 is 1.92 bits per heavy atom. The van der Waals surface area contributed by atoms with Crippen LogP contribution in [0.25, 0.3) is 0 Å². The van der Waals surface area contributed by atoms with Gasteiger partial charge in [0.15, 0.2) is 0 Å². The van der Waals surface area contributed by atoms with E-state index in [2.05, 4.69) is 43.6 Å². The number of thiol groups is 1. The Morgan fingerprint density at radius 3 is 2.50 bits per heavy atom. The highest BCUT2D eigenvalue weighted by Gasteiger charge is 2.21. The predicted molar refractivity (Wildman–Crippen MR) is 58.2 cm³/mol. The summed E-state index contributed by atoms with van der Waals surface area (Å²) in [6, 6.07) is 0.239. The fourth-order valence-corrected chi connectivity index (χ4v) is 1.72. The Morgan fingerprint density at radius 1 is 1.33 bits per heavy atom. The zero-order chi connectivity index (χ0) is 9.14. The fraction of sp³-hybridized carbons (Fsp3) is 0.500. The second-order valence-corrected chi connectivity index (χ2v) is 3.67. The molecular weight excluding hydrogens is 166 g/mol. The van der Waals surface area contributed by atoms with Crippen LogP contribution in [0.4, 0.5) is 0 Å². The van der Waals surface area contributed by atoms with E-state index in [4.69, 9.17) is 0 Å². The molecule has 2 atom stereocenters. The SMILES string of the molecule is CC=NC1C(C)=CC=C(C)C1S. The van der Waals surface area contributed by atoms with E-state index in [1.165, 1.54) is 11.1 Å². The summed E-state index contributed by atoms with van der Waals surface area (Å²) in [5.74, 6) is 0. The minimum atomic E-state index is 0.239. The molecule has 0 bridgehead atoms. The van der Waals surface area contributed by atoms with E-state index in [-0.39, 0.29) is 11.3 Å². The summed E-state index contributed by atoms with van der Waals surface area (Å²) in [7, 11) is 0. The first kappa shape index (κ1) is 9.59. The third-order valence-corrected chi connectivity index (χ3v) is 2.84. The van der Waals surface area contributed by atoms with Gasteiger partial charge >= 0.3 is 0 Å². The van der Waals surface area contributed by atoms with Crippen molar-refractivity contribution in [3.05, 3.63) is 23.3 Å². The molecule has 0 saturated heterocycles. The second-order valence-electron chi connectivity index (χ2n) is 3.12. The fourth-order valence-electron chi connectivity index (χ4n) is 1.32. The normalized spacial score (nSPS) is 30.3. The minimum absolute atomic E-state index is 0.239. The number of allylic oxidation sites excluding steroid dienone is 2. The van der Waals surface area contributed by atoms with Crippen LogP contribution in [0.15, 0.2) is 28.3 Å². The highest BCUT2D eigenvalue weighted by Crippen LogP contribution is 2.25. The molecule has 0 radical (unpaired) electrons. The van der Waals surface area contributed by atoms with Gasteiger partial charge in [-0.05, 0) is 32.6 Å². The molecule has 1 nitrogen and oxygen atoms in total. The summed E-state index contributed by atoms with van der Waals surface area (Å²) in [5, 5.41) is 0.256. The summed E-state index contributed by atoms with van der Waals surface area (Å²) < 4.78 is 0. The van der Waals surface area contributed by atoms with Gasteiger partial charge in [-0.3, -0.25) is 4.99 Å². The van der Waals surface area contributed by atoms with Crippen molar-refractivity contribution in [2.24, 2.45) is 4.99 Å². The molecule has 0 spiro atoms. The van der Waals surface area contributed by atoms with E-state index >= 15 is 0 Å². The topological polar surface area (TPSA) is 12.4 Å². The molecule has 1 aliphatic rings. The molecule has 0 aromatic rings. The number of hydrogen-bond donors (Lipinski definition) is 1. The molecule has 66 valence electrons. The van der Waals surface area contributed by atoms with Crippen molar-refractivity contribution in [3.63, 3.8) is 0 Å². The monoisotopic (exact) mass is 181 g/mol. The third-order valence-electron chi connectivity index (χ3n) is 2.15. The van der Waals surface area contributed by atoms with Crippen LogP contribution in [0.1, 0.15) is 20.8 Å². The van der Waals surface area contributed by atoms with Crippen molar-refractivity contribution < 1.29 is 0 Å². The number of nitrogens with zero attached hydrogens (tertiary/aromatic N) is 1. The number of rotatable bonds is 1.